The smallest absolute Gasteiger partial charge is 0.209 e. The molecule has 0 radical (unpaired) electrons. The maximum atomic E-state index is 11.0. The van der Waals surface area contributed by atoms with Crippen molar-refractivity contribution in [3.63, 3.8) is 0 Å². The summed E-state index contributed by atoms with van der Waals surface area (Å²) < 4.78 is 2.06. The Morgan fingerprint density at radius 2 is 1.80 bits per heavy atom. The maximum Gasteiger partial charge on any atom is 0.209 e. The van der Waals surface area contributed by atoms with Crippen molar-refractivity contribution < 1.29 is 9.59 Å². The fraction of sp³-hybridized carbons (Fsp3) is 0.556. The molecule has 10 heteroatoms. The van der Waals surface area contributed by atoms with E-state index >= 15 is 0 Å². The third-order valence-electron chi connectivity index (χ3n) is 7.97. The Bertz CT molecular complexity index is 1210. The van der Waals surface area contributed by atoms with Crippen LogP contribution in [0.5, 0.6) is 0 Å². The van der Waals surface area contributed by atoms with Gasteiger partial charge in [0.05, 0.1) is 18.1 Å². The summed E-state index contributed by atoms with van der Waals surface area (Å²) in [4.78, 5) is 34.0. The van der Waals surface area contributed by atoms with Crippen LogP contribution in [0.4, 0.5) is 0 Å². The van der Waals surface area contributed by atoms with Crippen molar-refractivity contribution in [3.05, 3.63) is 64.3 Å². The lowest BCUT2D eigenvalue weighted by Crippen LogP contribution is -2.47. The SMILES string of the molecule is C#C.CC1=C(N=CCBr)C(N2CCN(C=O)CC2)c2ccc(Cl)cc2CC1.CCC(C)(C)C.O=CNCCCCCn1ccnc1. The summed E-state index contributed by atoms with van der Waals surface area (Å²) in [6.07, 6.45) is 23.8. The molecule has 1 aliphatic carbocycles. The number of allylic oxidation sites excluding steroid dienone is 1. The molecule has 0 spiro atoms. The van der Waals surface area contributed by atoms with Crippen molar-refractivity contribution >= 4 is 46.6 Å². The van der Waals surface area contributed by atoms with Crippen LogP contribution in [0.2, 0.25) is 5.02 Å². The predicted molar refractivity (Wildman–Crippen MR) is 196 cm³/mol. The Kier molecular flexibility index (Phi) is 20.9. The van der Waals surface area contributed by atoms with Crippen LogP contribution in [-0.4, -0.2) is 76.4 Å². The first-order valence-corrected chi connectivity index (χ1v) is 17.6. The molecule has 1 aromatic heterocycles. The number of carbonyl (C=O) groups is 2. The Hall–Kier alpha value is -2.93. The minimum Gasteiger partial charge on any atom is -0.359 e. The molecule has 0 saturated carbocycles. The number of aromatic nitrogens is 2. The fourth-order valence-electron chi connectivity index (χ4n) is 4.85. The zero-order valence-corrected chi connectivity index (χ0v) is 30.8. The van der Waals surface area contributed by atoms with E-state index in [2.05, 4.69) is 95.3 Å². The number of amides is 2. The van der Waals surface area contributed by atoms with Crippen LogP contribution in [0.1, 0.15) is 83.9 Å². The summed E-state index contributed by atoms with van der Waals surface area (Å²) in [6, 6.07) is 6.34. The Morgan fingerprint density at radius 1 is 1.11 bits per heavy atom. The van der Waals surface area contributed by atoms with Crippen LogP contribution in [-0.2, 0) is 22.6 Å². The molecule has 1 aliphatic heterocycles. The number of hydrogen-bond acceptors (Lipinski definition) is 5. The topological polar surface area (TPSA) is 82.8 Å². The number of alkyl halides is 1. The molecule has 1 atom stereocenters. The number of nitrogens with zero attached hydrogens (tertiary/aromatic N) is 5. The molecule has 2 amide bonds. The molecule has 4 rings (SSSR count). The van der Waals surface area contributed by atoms with Gasteiger partial charge in [-0.2, -0.15) is 0 Å². The van der Waals surface area contributed by atoms with Crippen LogP contribution >= 0.6 is 27.5 Å². The average Bonchev–Trinajstić information content (AvgIpc) is 3.54. The maximum absolute atomic E-state index is 11.0. The molecule has 2 aromatic rings. The van der Waals surface area contributed by atoms with Crippen molar-refractivity contribution in [1.82, 2.24) is 24.7 Å². The van der Waals surface area contributed by atoms with E-state index in [0.717, 1.165) is 100 Å². The Morgan fingerprint density at radius 3 is 2.37 bits per heavy atom. The molecule has 1 saturated heterocycles. The number of benzene rings is 1. The first kappa shape index (κ1) is 41.1. The van der Waals surface area contributed by atoms with E-state index in [9.17, 15) is 9.59 Å². The van der Waals surface area contributed by atoms with Crippen molar-refractivity contribution in [2.24, 2.45) is 10.4 Å². The van der Waals surface area contributed by atoms with Crippen LogP contribution in [0.3, 0.4) is 0 Å². The lowest BCUT2D eigenvalue weighted by atomic mass is 9.94. The number of piperazine rings is 1. The van der Waals surface area contributed by atoms with Gasteiger partial charge < -0.3 is 14.8 Å². The summed E-state index contributed by atoms with van der Waals surface area (Å²) in [6.45, 7) is 16.2. The van der Waals surface area contributed by atoms with Gasteiger partial charge in [-0.25, -0.2) is 4.98 Å². The van der Waals surface area contributed by atoms with Gasteiger partial charge in [0.1, 0.15) is 0 Å². The summed E-state index contributed by atoms with van der Waals surface area (Å²) in [7, 11) is 0. The number of terminal acetylenes is 1. The number of nitrogens with one attached hydrogen (secondary N) is 1. The zero-order valence-electron chi connectivity index (χ0n) is 28.4. The molecular formula is C36H54BrClN6O2. The molecule has 0 bridgehead atoms. The number of aliphatic imine (C=N–C) groups is 1. The van der Waals surface area contributed by atoms with Crippen LogP contribution in [0.25, 0.3) is 0 Å². The highest BCUT2D eigenvalue weighted by Gasteiger charge is 2.31. The van der Waals surface area contributed by atoms with Crippen LogP contribution in [0.15, 0.2) is 53.2 Å². The number of hydrogen-bond donors (Lipinski definition) is 1. The largest absolute Gasteiger partial charge is 0.359 e. The third kappa shape index (κ3) is 15.6. The van der Waals surface area contributed by atoms with E-state index in [1.807, 2.05) is 29.7 Å². The van der Waals surface area contributed by atoms with Crippen molar-refractivity contribution in [2.75, 3.05) is 38.1 Å². The molecule has 8 nitrogen and oxygen atoms in total. The van der Waals surface area contributed by atoms with E-state index in [4.69, 9.17) is 16.6 Å². The van der Waals surface area contributed by atoms with Gasteiger partial charge in [-0.15, -0.1) is 12.8 Å². The van der Waals surface area contributed by atoms with Gasteiger partial charge in [0, 0.05) is 68.2 Å². The lowest BCUT2D eigenvalue weighted by Gasteiger charge is -2.39. The second kappa shape index (κ2) is 23.4. The highest BCUT2D eigenvalue weighted by Crippen LogP contribution is 2.39. The molecule has 1 fully saturated rings. The van der Waals surface area contributed by atoms with Crippen LogP contribution < -0.4 is 5.32 Å². The average molecular weight is 718 g/mol. The Labute approximate surface area is 291 Å². The normalized spacial score (nSPS) is 16.5. The van der Waals surface area contributed by atoms with E-state index in [-0.39, 0.29) is 6.04 Å². The van der Waals surface area contributed by atoms with Crippen LogP contribution in [0, 0.1) is 18.3 Å². The molecular weight excluding hydrogens is 664 g/mol. The van der Waals surface area contributed by atoms with Gasteiger partial charge >= 0.3 is 0 Å². The van der Waals surface area contributed by atoms with E-state index in [1.54, 1.807) is 6.20 Å². The minimum atomic E-state index is 0.124. The van der Waals surface area contributed by atoms with Gasteiger partial charge in [0.25, 0.3) is 0 Å². The molecule has 254 valence electrons. The first-order chi connectivity index (χ1) is 22.1. The van der Waals surface area contributed by atoms with Gasteiger partial charge in [-0.05, 0) is 73.3 Å². The highest BCUT2D eigenvalue weighted by atomic mass is 79.9. The minimum absolute atomic E-state index is 0.124. The Balaban J connectivity index is 0.000000420. The number of fused-ring (bicyclic) bond motifs is 1. The third-order valence-corrected chi connectivity index (χ3v) is 8.49. The standard InChI is InChI=1S/C19H23BrClN3O.C9H15N3O.C6H14.C2H2/c1-14-2-3-15-12-16(21)4-5-17(15)19(18(14)22-7-6-20)24-10-8-23(13-25)9-11-24;13-9-11-4-2-1-3-6-12-7-5-10-8-12;1-5-6(2,3)4;1-2/h4-5,7,12-13,19H,2-3,6,8-11H2,1H3;5,7-9H,1-4,6H2,(H,11,13);5H2,1-4H3;1-2H. The van der Waals surface area contributed by atoms with Gasteiger partial charge in [0.15, 0.2) is 0 Å². The van der Waals surface area contributed by atoms with Gasteiger partial charge in [-0.1, -0.05) is 67.7 Å². The zero-order chi connectivity index (χ0) is 34.4. The summed E-state index contributed by atoms with van der Waals surface area (Å²) in [5.74, 6) is 0. The fourth-order valence-corrected chi connectivity index (χ4v) is 5.19. The number of aryl methyl sites for hydroxylation is 2. The second-order valence-electron chi connectivity index (χ2n) is 12.4. The second-order valence-corrected chi connectivity index (χ2v) is 13.5. The predicted octanol–water partition coefficient (Wildman–Crippen LogP) is 7.33. The number of rotatable bonds is 11. The highest BCUT2D eigenvalue weighted by molar-refractivity contribution is 9.09. The molecule has 1 unspecified atom stereocenters. The number of halogens is 2. The summed E-state index contributed by atoms with van der Waals surface area (Å²) >= 11 is 9.69. The van der Waals surface area contributed by atoms with E-state index < -0.39 is 0 Å². The molecule has 2 heterocycles. The molecule has 2 aliphatic rings. The van der Waals surface area contributed by atoms with Gasteiger partial charge in [-0.3, -0.25) is 19.5 Å². The van der Waals surface area contributed by atoms with Crippen molar-refractivity contribution in [3.8, 4) is 12.8 Å². The van der Waals surface area contributed by atoms with E-state index in [0.29, 0.717) is 5.41 Å². The summed E-state index contributed by atoms with van der Waals surface area (Å²) in [5, 5.41) is 4.17. The lowest BCUT2D eigenvalue weighted by molar-refractivity contribution is -0.120. The quantitative estimate of drug-likeness (QED) is 0.0868. The van der Waals surface area contributed by atoms with Crippen molar-refractivity contribution in [2.45, 2.75) is 85.7 Å². The van der Waals surface area contributed by atoms with Gasteiger partial charge in [0.2, 0.25) is 12.8 Å². The first-order valence-electron chi connectivity index (χ1n) is 16.1. The molecule has 1 aromatic carbocycles. The number of unbranched alkanes of at least 4 members (excludes halogenated alkanes) is 2. The number of imidazole rings is 1. The molecule has 46 heavy (non-hydrogen) atoms. The molecule has 1 N–H and O–H groups in total. The number of carbonyl (C=O) groups excluding carboxylic acids is 2. The monoisotopic (exact) mass is 716 g/mol. The summed E-state index contributed by atoms with van der Waals surface area (Å²) in [5.41, 5.74) is 5.61. The van der Waals surface area contributed by atoms with Crippen molar-refractivity contribution in [1.29, 1.82) is 0 Å². The van der Waals surface area contributed by atoms with E-state index in [1.165, 1.54) is 23.1 Å².